The number of ether oxygens (including phenoxy) is 1. The number of nitrogen functional groups attached to an aromatic ring is 1. The molecule has 0 aliphatic carbocycles. The van der Waals surface area contributed by atoms with E-state index < -0.39 is 0 Å². The van der Waals surface area contributed by atoms with Gasteiger partial charge in [0.2, 0.25) is 5.88 Å². The van der Waals surface area contributed by atoms with Gasteiger partial charge in [-0.3, -0.25) is 10.4 Å². The number of rotatable bonds is 7. The predicted molar refractivity (Wildman–Crippen MR) is 109 cm³/mol. The standard InChI is InChI=1S/C20H23N7O/c1-13(2)28-19-7-15(16(21)10-24-19)20(22)17-8-18(26-12-25-17)27(3)11-14-5-4-6-23-9-14/h4-10,12-13,22H,11,21H2,1-3H3. The molecule has 0 aromatic carbocycles. The van der Waals surface area contributed by atoms with Gasteiger partial charge >= 0.3 is 0 Å². The monoisotopic (exact) mass is 377 g/mol. The molecule has 0 saturated carbocycles. The Morgan fingerprint density at radius 2 is 2.04 bits per heavy atom. The molecule has 0 unspecified atom stereocenters. The molecule has 3 heterocycles. The van der Waals surface area contributed by atoms with Crippen molar-refractivity contribution >= 4 is 17.2 Å². The van der Waals surface area contributed by atoms with Crippen LogP contribution in [-0.2, 0) is 6.54 Å². The average molecular weight is 377 g/mol. The highest BCUT2D eigenvalue weighted by Crippen LogP contribution is 2.21. The SMILES string of the molecule is CC(C)Oc1cc(C(=N)c2cc(N(C)Cc3cccnc3)ncn2)c(N)cn1. The molecule has 0 aliphatic rings. The van der Waals surface area contributed by atoms with Crippen LogP contribution in [0.25, 0.3) is 0 Å². The summed E-state index contributed by atoms with van der Waals surface area (Å²) in [7, 11) is 1.93. The van der Waals surface area contributed by atoms with Crippen molar-refractivity contribution in [3.63, 3.8) is 0 Å². The van der Waals surface area contributed by atoms with E-state index >= 15 is 0 Å². The third kappa shape index (κ3) is 4.59. The molecular weight excluding hydrogens is 354 g/mol. The Balaban J connectivity index is 1.84. The topological polar surface area (TPSA) is 114 Å². The molecule has 0 amide bonds. The smallest absolute Gasteiger partial charge is 0.214 e. The minimum Gasteiger partial charge on any atom is -0.475 e. The second-order valence-electron chi connectivity index (χ2n) is 6.63. The van der Waals surface area contributed by atoms with Gasteiger partial charge in [0.1, 0.15) is 12.1 Å². The Labute approximate surface area is 164 Å². The van der Waals surface area contributed by atoms with Crippen molar-refractivity contribution in [1.82, 2.24) is 19.9 Å². The molecule has 3 aromatic heterocycles. The quantitative estimate of drug-likeness (QED) is 0.608. The first-order chi connectivity index (χ1) is 13.4. The second-order valence-corrected chi connectivity index (χ2v) is 6.63. The maximum Gasteiger partial charge on any atom is 0.214 e. The molecule has 0 saturated heterocycles. The predicted octanol–water partition coefficient (Wildman–Crippen LogP) is 2.69. The summed E-state index contributed by atoms with van der Waals surface area (Å²) in [5, 5.41) is 8.57. The van der Waals surface area contributed by atoms with Crippen LogP contribution in [0.1, 0.15) is 30.7 Å². The van der Waals surface area contributed by atoms with E-state index in [1.165, 1.54) is 12.5 Å². The van der Waals surface area contributed by atoms with Crippen LogP contribution < -0.4 is 15.4 Å². The van der Waals surface area contributed by atoms with Gasteiger partial charge in [-0.1, -0.05) is 6.07 Å². The lowest BCUT2D eigenvalue weighted by Crippen LogP contribution is -2.19. The van der Waals surface area contributed by atoms with Crippen LogP contribution in [0.4, 0.5) is 11.5 Å². The number of hydrogen-bond acceptors (Lipinski definition) is 8. The lowest BCUT2D eigenvalue weighted by atomic mass is 10.1. The zero-order valence-electron chi connectivity index (χ0n) is 16.1. The minimum atomic E-state index is -0.0232. The number of aromatic nitrogens is 4. The van der Waals surface area contributed by atoms with Crippen molar-refractivity contribution in [1.29, 1.82) is 5.41 Å². The van der Waals surface area contributed by atoms with Gasteiger partial charge < -0.3 is 15.4 Å². The van der Waals surface area contributed by atoms with E-state index in [0.717, 1.165) is 5.56 Å². The largest absolute Gasteiger partial charge is 0.475 e. The molecule has 144 valence electrons. The molecule has 28 heavy (non-hydrogen) atoms. The van der Waals surface area contributed by atoms with Crippen molar-refractivity contribution in [3.05, 3.63) is 66.0 Å². The minimum absolute atomic E-state index is 0.0232. The number of nitrogens with zero attached hydrogens (tertiary/aromatic N) is 5. The van der Waals surface area contributed by atoms with Crippen LogP contribution in [0.2, 0.25) is 0 Å². The molecule has 8 heteroatoms. The summed E-state index contributed by atoms with van der Waals surface area (Å²) < 4.78 is 5.61. The van der Waals surface area contributed by atoms with Gasteiger partial charge in [-0.25, -0.2) is 15.0 Å². The third-order valence-electron chi connectivity index (χ3n) is 3.98. The van der Waals surface area contributed by atoms with E-state index in [1.807, 2.05) is 44.1 Å². The van der Waals surface area contributed by atoms with Gasteiger partial charge in [0.05, 0.1) is 29.4 Å². The summed E-state index contributed by atoms with van der Waals surface area (Å²) in [6.07, 6.45) is 6.48. The molecule has 3 N–H and O–H groups in total. The summed E-state index contributed by atoms with van der Waals surface area (Å²) in [6, 6.07) is 7.33. The molecule has 0 aliphatic heterocycles. The summed E-state index contributed by atoms with van der Waals surface area (Å²) in [5.74, 6) is 1.12. The average Bonchev–Trinajstić information content (AvgIpc) is 2.69. The summed E-state index contributed by atoms with van der Waals surface area (Å²) in [5.41, 5.74) is 8.67. The second kappa shape index (κ2) is 8.43. The van der Waals surface area contributed by atoms with Crippen LogP contribution in [0.3, 0.4) is 0 Å². The molecule has 8 nitrogen and oxygen atoms in total. The van der Waals surface area contributed by atoms with Crippen molar-refractivity contribution in [2.45, 2.75) is 26.5 Å². The van der Waals surface area contributed by atoms with Crippen LogP contribution in [-0.4, -0.2) is 38.8 Å². The molecule has 0 radical (unpaired) electrons. The Morgan fingerprint density at radius 3 is 2.75 bits per heavy atom. The fourth-order valence-corrected chi connectivity index (χ4v) is 2.65. The number of nitrogens with two attached hydrogens (primary N) is 1. The Kier molecular flexibility index (Phi) is 5.78. The molecule has 0 spiro atoms. The Bertz CT molecular complexity index is 960. The van der Waals surface area contributed by atoms with Gasteiger partial charge in [-0.15, -0.1) is 0 Å². The van der Waals surface area contributed by atoms with Crippen molar-refractivity contribution < 1.29 is 4.74 Å². The normalized spacial score (nSPS) is 10.7. The first-order valence-electron chi connectivity index (χ1n) is 8.87. The summed E-state index contributed by atoms with van der Waals surface area (Å²) >= 11 is 0. The lowest BCUT2D eigenvalue weighted by Gasteiger charge is -2.18. The maximum absolute atomic E-state index is 8.57. The molecule has 3 aromatic rings. The maximum atomic E-state index is 8.57. The highest BCUT2D eigenvalue weighted by atomic mass is 16.5. The van der Waals surface area contributed by atoms with Crippen molar-refractivity contribution in [2.24, 2.45) is 0 Å². The molecule has 0 atom stereocenters. The van der Waals surface area contributed by atoms with Crippen LogP contribution >= 0.6 is 0 Å². The van der Waals surface area contributed by atoms with Gasteiger partial charge in [-0.05, 0) is 25.5 Å². The van der Waals surface area contributed by atoms with E-state index in [9.17, 15) is 0 Å². The third-order valence-corrected chi connectivity index (χ3v) is 3.98. The molecule has 0 fully saturated rings. The van der Waals surface area contributed by atoms with E-state index in [0.29, 0.717) is 35.2 Å². The molecular formula is C20H23N7O. The number of hydrogen-bond donors (Lipinski definition) is 2. The van der Waals surface area contributed by atoms with Gasteiger partial charge in [0, 0.05) is 43.7 Å². The summed E-state index contributed by atoms with van der Waals surface area (Å²) in [4.78, 5) is 18.8. The first kappa shape index (κ1) is 19.2. The van der Waals surface area contributed by atoms with Crippen LogP contribution in [0, 0.1) is 5.41 Å². The van der Waals surface area contributed by atoms with Crippen LogP contribution in [0.15, 0.2) is 49.2 Å². The van der Waals surface area contributed by atoms with Crippen molar-refractivity contribution in [3.8, 4) is 5.88 Å². The van der Waals surface area contributed by atoms with Gasteiger partial charge in [0.15, 0.2) is 0 Å². The van der Waals surface area contributed by atoms with E-state index in [-0.39, 0.29) is 11.8 Å². The number of pyridine rings is 2. The number of anilines is 2. The summed E-state index contributed by atoms with van der Waals surface area (Å²) in [6.45, 7) is 4.47. The Morgan fingerprint density at radius 1 is 1.21 bits per heavy atom. The molecule has 0 bridgehead atoms. The fourth-order valence-electron chi connectivity index (χ4n) is 2.65. The van der Waals surface area contributed by atoms with Crippen molar-refractivity contribution in [2.75, 3.05) is 17.7 Å². The molecule has 3 rings (SSSR count). The lowest BCUT2D eigenvalue weighted by molar-refractivity contribution is 0.232. The van der Waals surface area contributed by atoms with Crippen LogP contribution in [0.5, 0.6) is 5.88 Å². The first-order valence-corrected chi connectivity index (χ1v) is 8.87. The highest BCUT2D eigenvalue weighted by Gasteiger charge is 2.15. The Hall–Kier alpha value is -3.55. The van der Waals surface area contributed by atoms with E-state index in [4.69, 9.17) is 15.9 Å². The fraction of sp³-hybridized carbons (Fsp3) is 0.250. The number of nitrogens with one attached hydrogen (secondary N) is 1. The zero-order valence-corrected chi connectivity index (χ0v) is 16.1. The van der Waals surface area contributed by atoms with Gasteiger partial charge in [0.25, 0.3) is 0 Å². The zero-order chi connectivity index (χ0) is 20.1. The highest BCUT2D eigenvalue weighted by molar-refractivity contribution is 6.13. The van der Waals surface area contributed by atoms with E-state index in [2.05, 4.69) is 19.9 Å². The van der Waals surface area contributed by atoms with E-state index in [1.54, 1.807) is 18.3 Å². The van der Waals surface area contributed by atoms with Gasteiger partial charge in [-0.2, -0.15) is 0 Å².